The van der Waals surface area contributed by atoms with E-state index in [1.165, 1.54) is 35.0 Å². The molecule has 1 aromatic rings. The molecule has 2 N–H and O–H groups in total. The van der Waals surface area contributed by atoms with E-state index in [-0.39, 0.29) is 6.04 Å². The van der Waals surface area contributed by atoms with Crippen molar-refractivity contribution in [1.82, 2.24) is 4.90 Å². The van der Waals surface area contributed by atoms with Crippen LogP contribution in [-0.4, -0.2) is 24.0 Å². The van der Waals surface area contributed by atoms with Crippen LogP contribution in [0, 0.1) is 0 Å². The molecule has 0 aromatic carbocycles. The summed E-state index contributed by atoms with van der Waals surface area (Å²) < 4.78 is 1.17. The number of hydrogen-bond acceptors (Lipinski definition) is 3. The molecule has 1 fully saturated rings. The third-order valence-electron chi connectivity index (χ3n) is 3.72. The lowest BCUT2D eigenvalue weighted by molar-refractivity contribution is 0.159. The monoisotopic (exact) mass is 316 g/mol. The second kappa shape index (κ2) is 5.83. The van der Waals surface area contributed by atoms with Gasteiger partial charge in [0.05, 0.1) is 6.04 Å². The maximum atomic E-state index is 6.20. The van der Waals surface area contributed by atoms with Crippen LogP contribution < -0.4 is 5.73 Å². The van der Waals surface area contributed by atoms with Gasteiger partial charge in [0, 0.05) is 26.8 Å². The minimum Gasteiger partial charge on any atom is -0.326 e. The van der Waals surface area contributed by atoms with Crippen molar-refractivity contribution in [2.75, 3.05) is 7.05 Å². The van der Waals surface area contributed by atoms with Crippen LogP contribution in [0.5, 0.6) is 0 Å². The summed E-state index contributed by atoms with van der Waals surface area (Å²) in [6.45, 7) is 2.11. The van der Waals surface area contributed by atoms with Crippen LogP contribution in [0.3, 0.4) is 0 Å². The molecule has 1 aliphatic carbocycles. The van der Waals surface area contributed by atoms with E-state index in [1.807, 2.05) is 0 Å². The number of likely N-dealkylation sites (N-methyl/N-ethyl adjacent to an activating group) is 1. The summed E-state index contributed by atoms with van der Waals surface area (Å²) in [5.74, 6) is 0. The average molecular weight is 317 g/mol. The molecule has 1 aromatic heterocycles. The summed E-state index contributed by atoms with van der Waals surface area (Å²) in [5.41, 5.74) is 6.20. The van der Waals surface area contributed by atoms with Crippen molar-refractivity contribution in [3.8, 4) is 0 Å². The zero-order valence-electron chi connectivity index (χ0n) is 10.5. The Bertz CT molecular complexity index is 358. The molecule has 2 rings (SSSR count). The SMILES string of the molecule is CC(N)C(c1cc(Br)cs1)N(C)C1CCCC1. The summed E-state index contributed by atoms with van der Waals surface area (Å²) in [4.78, 5) is 3.87. The Morgan fingerprint density at radius 3 is 2.59 bits per heavy atom. The van der Waals surface area contributed by atoms with Crippen LogP contribution in [-0.2, 0) is 0 Å². The van der Waals surface area contributed by atoms with Gasteiger partial charge in [0.2, 0.25) is 0 Å². The second-order valence-electron chi connectivity index (χ2n) is 5.07. The first kappa shape index (κ1) is 13.5. The van der Waals surface area contributed by atoms with Crippen LogP contribution in [0.25, 0.3) is 0 Å². The zero-order chi connectivity index (χ0) is 12.4. The average Bonchev–Trinajstić information content (AvgIpc) is 2.88. The molecule has 96 valence electrons. The Morgan fingerprint density at radius 2 is 2.12 bits per heavy atom. The molecule has 0 radical (unpaired) electrons. The molecule has 1 aliphatic rings. The quantitative estimate of drug-likeness (QED) is 0.916. The van der Waals surface area contributed by atoms with Gasteiger partial charge < -0.3 is 5.73 Å². The third-order valence-corrected chi connectivity index (χ3v) is 5.48. The highest BCUT2D eigenvalue weighted by Gasteiger charge is 2.29. The molecule has 0 amide bonds. The number of halogens is 1. The van der Waals surface area contributed by atoms with Crippen molar-refractivity contribution >= 4 is 27.3 Å². The highest BCUT2D eigenvalue weighted by molar-refractivity contribution is 9.10. The van der Waals surface area contributed by atoms with E-state index in [4.69, 9.17) is 5.73 Å². The Balaban J connectivity index is 2.16. The Hall–Kier alpha value is 0.1000. The van der Waals surface area contributed by atoms with E-state index >= 15 is 0 Å². The standard InChI is InChI=1S/C13H21BrN2S/c1-9(15)13(12-7-10(14)8-17-12)16(2)11-5-3-4-6-11/h7-9,11,13H,3-6,15H2,1-2H3. The van der Waals surface area contributed by atoms with Gasteiger partial charge >= 0.3 is 0 Å². The van der Waals surface area contributed by atoms with Gasteiger partial charge in [-0.1, -0.05) is 12.8 Å². The second-order valence-corrected chi connectivity index (χ2v) is 6.93. The van der Waals surface area contributed by atoms with Crippen LogP contribution in [0.2, 0.25) is 0 Å². The fourth-order valence-electron chi connectivity index (χ4n) is 2.85. The van der Waals surface area contributed by atoms with Gasteiger partial charge in [-0.15, -0.1) is 11.3 Å². The van der Waals surface area contributed by atoms with Gasteiger partial charge in [-0.05, 0) is 48.8 Å². The minimum absolute atomic E-state index is 0.172. The molecule has 0 aliphatic heterocycles. The van der Waals surface area contributed by atoms with Crippen molar-refractivity contribution < 1.29 is 0 Å². The van der Waals surface area contributed by atoms with Crippen molar-refractivity contribution in [2.45, 2.75) is 50.7 Å². The molecule has 2 unspecified atom stereocenters. The van der Waals surface area contributed by atoms with Crippen molar-refractivity contribution in [2.24, 2.45) is 5.73 Å². The van der Waals surface area contributed by atoms with Crippen LogP contribution in [0.15, 0.2) is 15.9 Å². The van der Waals surface area contributed by atoms with E-state index in [2.05, 4.69) is 46.2 Å². The predicted octanol–water partition coefficient (Wildman–Crippen LogP) is 3.77. The minimum atomic E-state index is 0.172. The van der Waals surface area contributed by atoms with Gasteiger partial charge in [-0.3, -0.25) is 4.90 Å². The first-order valence-corrected chi connectivity index (χ1v) is 7.98. The fraction of sp³-hybridized carbons (Fsp3) is 0.692. The van der Waals surface area contributed by atoms with E-state index in [0.29, 0.717) is 12.1 Å². The smallest absolute Gasteiger partial charge is 0.0591 e. The molecule has 0 bridgehead atoms. The van der Waals surface area contributed by atoms with Crippen molar-refractivity contribution in [3.05, 3.63) is 20.8 Å². The lowest BCUT2D eigenvalue weighted by Crippen LogP contribution is -2.41. The topological polar surface area (TPSA) is 29.3 Å². The third kappa shape index (κ3) is 3.11. The van der Waals surface area contributed by atoms with Gasteiger partial charge in [0.1, 0.15) is 0 Å². The van der Waals surface area contributed by atoms with Gasteiger partial charge in [0.25, 0.3) is 0 Å². The number of nitrogens with zero attached hydrogens (tertiary/aromatic N) is 1. The molecular weight excluding hydrogens is 296 g/mol. The maximum Gasteiger partial charge on any atom is 0.0591 e. The molecule has 2 atom stereocenters. The van der Waals surface area contributed by atoms with Crippen molar-refractivity contribution in [1.29, 1.82) is 0 Å². The maximum absolute atomic E-state index is 6.20. The highest BCUT2D eigenvalue weighted by atomic mass is 79.9. The highest BCUT2D eigenvalue weighted by Crippen LogP contribution is 2.35. The first-order chi connectivity index (χ1) is 8.09. The molecular formula is C13H21BrN2S. The number of hydrogen-bond donors (Lipinski definition) is 1. The van der Waals surface area contributed by atoms with Crippen LogP contribution in [0.1, 0.15) is 43.5 Å². The normalized spacial score (nSPS) is 21.0. The molecule has 17 heavy (non-hydrogen) atoms. The summed E-state index contributed by atoms with van der Waals surface area (Å²) in [6.07, 6.45) is 5.39. The van der Waals surface area contributed by atoms with Crippen LogP contribution >= 0.6 is 27.3 Å². The Labute approximate surface area is 116 Å². The van der Waals surface area contributed by atoms with Gasteiger partial charge in [-0.2, -0.15) is 0 Å². The van der Waals surface area contributed by atoms with E-state index in [0.717, 1.165) is 0 Å². The summed E-state index contributed by atoms with van der Waals surface area (Å²) in [7, 11) is 2.23. The fourth-order valence-corrected chi connectivity index (χ4v) is 4.56. The Kier molecular flexibility index (Phi) is 4.64. The largest absolute Gasteiger partial charge is 0.326 e. The number of nitrogens with two attached hydrogens (primary N) is 1. The van der Waals surface area contributed by atoms with E-state index < -0.39 is 0 Å². The lowest BCUT2D eigenvalue weighted by atomic mass is 10.0. The zero-order valence-corrected chi connectivity index (χ0v) is 12.9. The van der Waals surface area contributed by atoms with Crippen molar-refractivity contribution in [3.63, 3.8) is 0 Å². The molecule has 4 heteroatoms. The molecule has 1 saturated carbocycles. The first-order valence-electron chi connectivity index (χ1n) is 6.31. The molecule has 2 nitrogen and oxygen atoms in total. The lowest BCUT2D eigenvalue weighted by Gasteiger charge is -2.34. The number of thiophene rings is 1. The summed E-state index contributed by atoms with van der Waals surface area (Å²) >= 11 is 5.34. The summed E-state index contributed by atoms with van der Waals surface area (Å²) in [6, 6.07) is 3.46. The van der Waals surface area contributed by atoms with E-state index in [9.17, 15) is 0 Å². The Morgan fingerprint density at radius 1 is 1.47 bits per heavy atom. The molecule has 1 heterocycles. The van der Waals surface area contributed by atoms with Crippen LogP contribution in [0.4, 0.5) is 0 Å². The van der Waals surface area contributed by atoms with E-state index in [1.54, 1.807) is 11.3 Å². The molecule has 0 saturated heterocycles. The van der Waals surface area contributed by atoms with Gasteiger partial charge in [0.15, 0.2) is 0 Å². The van der Waals surface area contributed by atoms with Gasteiger partial charge in [-0.25, -0.2) is 0 Å². The summed E-state index contributed by atoms with van der Waals surface area (Å²) in [5, 5.41) is 2.15. The predicted molar refractivity (Wildman–Crippen MR) is 78.4 cm³/mol. The molecule has 0 spiro atoms. The number of rotatable bonds is 4.